The Morgan fingerprint density at radius 1 is 1.32 bits per heavy atom. The number of nitrogens with one attached hydrogen (secondary N) is 2. The number of anilines is 1. The van der Waals surface area contributed by atoms with Crippen molar-refractivity contribution in [2.24, 2.45) is 7.05 Å². The van der Waals surface area contributed by atoms with E-state index in [0.717, 1.165) is 12.2 Å². The number of carbonyl (C=O) groups is 1. The molecule has 0 saturated carbocycles. The Morgan fingerprint density at radius 3 is 2.74 bits per heavy atom. The molecule has 0 spiro atoms. The summed E-state index contributed by atoms with van der Waals surface area (Å²) in [5, 5.41) is 17.7. The normalized spacial score (nSPS) is 10.2. The van der Waals surface area contributed by atoms with Crippen LogP contribution in [0, 0.1) is 0 Å². The van der Waals surface area contributed by atoms with E-state index >= 15 is 0 Å². The first-order valence-electron chi connectivity index (χ1n) is 6.03. The van der Waals surface area contributed by atoms with E-state index in [0.29, 0.717) is 12.4 Å². The van der Waals surface area contributed by atoms with E-state index in [4.69, 9.17) is 0 Å². The summed E-state index contributed by atoms with van der Waals surface area (Å²) in [6.07, 6.45) is 1.83. The van der Waals surface area contributed by atoms with E-state index in [1.54, 1.807) is 16.8 Å². The van der Waals surface area contributed by atoms with Crippen molar-refractivity contribution in [2.75, 3.05) is 11.9 Å². The maximum atomic E-state index is 11.8. The van der Waals surface area contributed by atoms with Crippen LogP contribution in [0.25, 0.3) is 0 Å². The zero-order valence-electron chi connectivity index (χ0n) is 10.9. The lowest BCUT2D eigenvalue weighted by Gasteiger charge is -2.04. The fraction of sp³-hybridized carbons (Fsp3) is 0.333. The minimum Gasteiger partial charge on any atom is -0.369 e. The number of aromatic nitrogens is 4. The quantitative estimate of drug-likeness (QED) is 0.821. The number of hydrogen-bond donors (Lipinski definition) is 2. The average Bonchev–Trinajstić information content (AvgIpc) is 2.83. The highest BCUT2D eigenvalue weighted by Crippen LogP contribution is 2.02. The highest BCUT2D eigenvalue weighted by molar-refractivity contribution is 5.92. The minimum absolute atomic E-state index is 0.263. The molecule has 2 aromatic rings. The molecule has 1 amide bonds. The zero-order chi connectivity index (χ0) is 13.7. The van der Waals surface area contributed by atoms with Crippen LogP contribution in [-0.2, 0) is 13.6 Å². The summed E-state index contributed by atoms with van der Waals surface area (Å²) >= 11 is 0. The molecule has 7 nitrogen and oxygen atoms in total. The second-order valence-corrected chi connectivity index (χ2v) is 4.00. The third-order valence-electron chi connectivity index (χ3n) is 2.45. The van der Waals surface area contributed by atoms with Gasteiger partial charge in [-0.1, -0.05) is 0 Å². The van der Waals surface area contributed by atoms with Crippen LogP contribution >= 0.6 is 0 Å². The van der Waals surface area contributed by atoms with Crippen LogP contribution < -0.4 is 10.6 Å². The Morgan fingerprint density at radius 2 is 2.16 bits per heavy atom. The second kappa shape index (κ2) is 5.94. The summed E-state index contributed by atoms with van der Waals surface area (Å²) in [4.78, 5) is 11.8. The summed E-state index contributed by atoms with van der Waals surface area (Å²) in [6.45, 7) is 3.10. The molecule has 0 fully saturated rings. The summed E-state index contributed by atoms with van der Waals surface area (Å²) in [5.41, 5.74) is 1.09. The predicted octanol–water partition coefficient (Wildman–Crippen LogP) is 0.572. The smallest absolute Gasteiger partial charge is 0.272 e. The number of aryl methyl sites for hydroxylation is 1. The fourth-order valence-electron chi connectivity index (χ4n) is 1.55. The molecule has 2 rings (SSSR count). The van der Waals surface area contributed by atoms with E-state index in [1.165, 1.54) is 0 Å². The van der Waals surface area contributed by atoms with Gasteiger partial charge in [0.25, 0.3) is 5.91 Å². The van der Waals surface area contributed by atoms with Crippen LogP contribution in [0.15, 0.2) is 24.4 Å². The van der Waals surface area contributed by atoms with E-state index in [9.17, 15) is 4.79 Å². The summed E-state index contributed by atoms with van der Waals surface area (Å²) in [7, 11) is 1.83. The van der Waals surface area contributed by atoms with Gasteiger partial charge in [0.15, 0.2) is 5.69 Å². The van der Waals surface area contributed by atoms with Gasteiger partial charge in [-0.15, -0.1) is 10.2 Å². The molecule has 0 bridgehead atoms. The Balaban J connectivity index is 1.92. The predicted molar refractivity (Wildman–Crippen MR) is 70.6 cm³/mol. The zero-order valence-corrected chi connectivity index (χ0v) is 10.9. The van der Waals surface area contributed by atoms with Gasteiger partial charge >= 0.3 is 0 Å². The third-order valence-corrected chi connectivity index (χ3v) is 2.45. The van der Waals surface area contributed by atoms with Crippen molar-refractivity contribution in [1.82, 2.24) is 25.3 Å². The number of rotatable bonds is 5. The first-order valence-corrected chi connectivity index (χ1v) is 6.03. The number of nitrogens with zero attached hydrogens (tertiary/aromatic N) is 4. The van der Waals surface area contributed by atoms with E-state index in [2.05, 4.69) is 25.9 Å². The van der Waals surface area contributed by atoms with Crippen molar-refractivity contribution in [3.63, 3.8) is 0 Å². The summed E-state index contributed by atoms with van der Waals surface area (Å²) in [6, 6.07) is 5.21. The number of carbonyl (C=O) groups excluding carboxylic acids is 1. The lowest BCUT2D eigenvalue weighted by Crippen LogP contribution is -2.24. The topological polar surface area (TPSA) is 84.7 Å². The molecule has 100 valence electrons. The molecule has 0 aromatic carbocycles. The summed E-state index contributed by atoms with van der Waals surface area (Å²) < 4.78 is 1.69. The van der Waals surface area contributed by atoms with Crippen molar-refractivity contribution >= 4 is 11.7 Å². The van der Waals surface area contributed by atoms with Crippen LogP contribution in [0.4, 0.5) is 5.82 Å². The van der Waals surface area contributed by atoms with Crippen molar-refractivity contribution < 1.29 is 4.79 Å². The lowest BCUT2D eigenvalue weighted by molar-refractivity contribution is 0.0944. The van der Waals surface area contributed by atoms with Gasteiger partial charge in [-0.3, -0.25) is 9.48 Å². The minimum atomic E-state index is -0.263. The van der Waals surface area contributed by atoms with Crippen molar-refractivity contribution in [2.45, 2.75) is 13.5 Å². The molecule has 2 aromatic heterocycles. The Kier molecular flexibility index (Phi) is 4.07. The molecule has 0 aliphatic carbocycles. The monoisotopic (exact) mass is 260 g/mol. The largest absolute Gasteiger partial charge is 0.369 e. The van der Waals surface area contributed by atoms with Crippen LogP contribution in [0.2, 0.25) is 0 Å². The van der Waals surface area contributed by atoms with Gasteiger partial charge in [0.2, 0.25) is 0 Å². The fourth-order valence-corrected chi connectivity index (χ4v) is 1.55. The van der Waals surface area contributed by atoms with Crippen molar-refractivity contribution in [3.05, 3.63) is 35.8 Å². The van der Waals surface area contributed by atoms with Crippen LogP contribution in [0.1, 0.15) is 23.1 Å². The molecule has 0 aliphatic heterocycles. The van der Waals surface area contributed by atoms with E-state index < -0.39 is 0 Å². The van der Waals surface area contributed by atoms with Gasteiger partial charge in [-0.05, 0) is 25.1 Å². The van der Waals surface area contributed by atoms with Gasteiger partial charge in [-0.25, -0.2) is 0 Å². The molecule has 2 heterocycles. The van der Waals surface area contributed by atoms with Gasteiger partial charge < -0.3 is 10.6 Å². The Bertz CT molecular complexity index is 548. The Labute approximate surface area is 111 Å². The standard InChI is InChI=1S/C12H16N6O/c1-3-13-11-5-4-10(15-16-11)12(19)14-8-9-6-7-18(2)17-9/h4-7H,3,8H2,1-2H3,(H,13,16)(H,14,19). The molecule has 0 unspecified atom stereocenters. The molecular weight excluding hydrogens is 244 g/mol. The highest BCUT2D eigenvalue weighted by atomic mass is 16.1. The second-order valence-electron chi connectivity index (χ2n) is 4.00. The lowest BCUT2D eigenvalue weighted by atomic mass is 10.3. The molecule has 0 radical (unpaired) electrons. The van der Waals surface area contributed by atoms with Crippen molar-refractivity contribution in [3.8, 4) is 0 Å². The first kappa shape index (κ1) is 13.0. The van der Waals surface area contributed by atoms with Crippen LogP contribution in [-0.4, -0.2) is 32.4 Å². The molecule has 0 atom stereocenters. The van der Waals surface area contributed by atoms with Gasteiger partial charge in [0.1, 0.15) is 5.82 Å². The average molecular weight is 260 g/mol. The molecule has 2 N–H and O–H groups in total. The van der Waals surface area contributed by atoms with Gasteiger partial charge in [0.05, 0.1) is 12.2 Å². The van der Waals surface area contributed by atoms with Gasteiger partial charge in [0, 0.05) is 19.8 Å². The molecule has 19 heavy (non-hydrogen) atoms. The molecule has 0 aliphatic rings. The van der Waals surface area contributed by atoms with E-state index in [1.807, 2.05) is 26.2 Å². The molecule has 7 heteroatoms. The van der Waals surface area contributed by atoms with Crippen LogP contribution in [0.5, 0.6) is 0 Å². The van der Waals surface area contributed by atoms with Crippen LogP contribution in [0.3, 0.4) is 0 Å². The maximum absolute atomic E-state index is 11.8. The number of hydrogen-bond acceptors (Lipinski definition) is 5. The molecular formula is C12H16N6O. The van der Waals surface area contributed by atoms with Crippen molar-refractivity contribution in [1.29, 1.82) is 0 Å². The molecule has 0 saturated heterocycles. The Hall–Kier alpha value is -2.44. The summed E-state index contributed by atoms with van der Waals surface area (Å²) in [5.74, 6) is 0.393. The van der Waals surface area contributed by atoms with Gasteiger partial charge in [-0.2, -0.15) is 5.10 Å². The first-order chi connectivity index (χ1) is 9.19. The number of amides is 1. The third kappa shape index (κ3) is 3.51. The SMILES string of the molecule is CCNc1ccc(C(=O)NCc2ccn(C)n2)nn1. The highest BCUT2D eigenvalue weighted by Gasteiger charge is 2.08. The maximum Gasteiger partial charge on any atom is 0.272 e. The van der Waals surface area contributed by atoms with E-state index in [-0.39, 0.29) is 11.6 Å².